The van der Waals surface area contributed by atoms with Crippen molar-refractivity contribution in [2.24, 2.45) is 4.99 Å². The summed E-state index contributed by atoms with van der Waals surface area (Å²) in [4.78, 5) is 25.5. The summed E-state index contributed by atoms with van der Waals surface area (Å²) in [5.74, 6) is 7.02. The maximum absolute atomic E-state index is 10.8. The van der Waals surface area contributed by atoms with Crippen LogP contribution in [0.4, 0.5) is 0 Å². The van der Waals surface area contributed by atoms with Crippen LogP contribution >= 0.6 is 11.8 Å². The molecule has 0 bridgehead atoms. The van der Waals surface area contributed by atoms with E-state index in [9.17, 15) is 22.2 Å². The molecule has 358 valence electrons. The number of rotatable bonds is 18. The van der Waals surface area contributed by atoms with E-state index in [1.54, 1.807) is 38.9 Å². The Morgan fingerprint density at radius 1 is 0.627 bits per heavy atom. The first-order valence-electron chi connectivity index (χ1n) is 21.9. The number of Topliss-reactive ketones (excluding diaryl/α,β-unsaturated/α-hetero) is 2. The molecule has 0 atom stereocenters. The van der Waals surface area contributed by atoms with E-state index in [0.717, 1.165) is 38.0 Å². The van der Waals surface area contributed by atoms with Crippen molar-refractivity contribution in [3.63, 3.8) is 0 Å². The third-order valence-electron chi connectivity index (χ3n) is 7.20. The first-order valence-corrected chi connectivity index (χ1v) is 27.0. The van der Waals surface area contributed by atoms with E-state index in [2.05, 4.69) is 64.9 Å². The van der Waals surface area contributed by atoms with Crippen LogP contribution in [0, 0.1) is 0 Å². The van der Waals surface area contributed by atoms with Gasteiger partial charge in [0.1, 0.15) is 21.4 Å². The molecule has 0 radical (unpaired) electrons. The third kappa shape index (κ3) is 113. The molecule has 0 aromatic carbocycles. The minimum absolute atomic E-state index is 0.267. The molecule has 0 heterocycles. The van der Waals surface area contributed by atoms with Crippen molar-refractivity contribution in [3.05, 3.63) is 60.3 Å². The number of ether oxygens (including phenoxy) is 1. The number of nitrogens with zero attached hydrogens (tertiary/aromatic N) is 1. The highest BCUT2D eigenvalue weighted by atomic mass is 32.2. The van der Waals surface area contributed by atoms with Gasteiger partial charge in [-0.05, 0) is 79.2 Å². The predicted octanol–water partition coefficient (Wildman–Crippen LogP) is 15.2. The van der Waals surface area contributed by atoms with Crippen LogP contribution in [0.25, 0.3) is 0 Å². The Hall–Kier alpha value is -2.17. The lowest BCUT2D eigenvalue weighted by atomic mass is 10.1. The highest BCUT2D eigenvalue weighted by Gasteiger charge is 1.99. The molecule has 0 N–H and O–H groups in total. The van der Waals surface area contributed by atoms with Crippen LogP contribution in [-0.4, -0.2) is 79.2 Å². The number of allylic oxidation sites excluding steroid dienone is 6. The minimum Gasteiger partial charge on any atom is -0.502 e. The van der Waals surface area contributed by atoms with Crippen molar-refractivity contribution in [1.82, 2.24) is 0 Å². The van der Waals surface area contributed by atoms with E-state index >= 15 is 0 Å². The number of hydrogen-bond acceptors (Lipinski definition) is 8. The van der Waals surface area contributed by atoms with Crippen LogP contribution in [0.5, 0.6) is 0 Å². The SMILES string of the molecule is C=C(/C=C\C)CC.C=C(CC)CCC.C=C(CC)OC.C=C(CC)SC.C=S(=O)(CC)CC.CC.CC=NCC.CCC(=O)CC.CCC(=O)CC.CCS(=O)(=O)CC. The van der Waals surface area contributed by atoms with Gasteiger partial charge in [0.15, 0.2) is 0 Å². The lowest BCUT2D eigenvalue weighted by Crippen LogP contribution is -2.04. The molecule has 0 aliphatic heterocycles. The summed E-state index contributed by atoms with van der Waals surface area (Å²) in [7, 11) is -2.68. The zero-order valence-corrected chi connectivity index (χ0v) is 45.4. The Bertz CT molecular complexity index is 1040. The van der Waals surface area contributed by atoms with Crippen LogP contribution < -0.4 is 0 Å². The Kier molecular flexibility index (Phi) is 96.4. The molecule has 0 aromatic heterocycles. The number of carbonyl (C=O) groups excluding carboxylic acids is 2. The Morgan fingerprint density at radius 3 is 1.05 bits per heavy atom. The molecule has 59 heavy (non-hydrogen) atoms. The smallest absolute Gasteiger partial charge is 0.149 e. The van der Waals surface area contributed by atoms with Crippen LogP contribution in [0.1, 0.15) is 189 Å². The first-order chi connectivity index (χ1) is 27.5. The van der Waals surface area contributed by atoms with Crippen molar-refractivity contribution >= 4 is 54.8 Å². The Morgan fingerprint density at radius 2 is 1.02 bits per heavy atom. The Balaban J connectivity index is -0.0000000570. The molecule has 10 heteroatoms. The van der Waals surface area contributed by atoms with Gasteiger partial charge in [0.25, 0.3) is 0 Å². The molecule has 0 spiro atoms. The van der Waals surface area contributed by atoms with Crippen molar-refractivity contribution < 1.29 is 27.0 Å². The molecule has 0 amide bonds. The van der Waals surface area contributed by atoms with E-state index in [0.29, 0.717) is 48.8 Å². The van der Waals surface area contributed by atoms with Crippen molar-refractivity contribution in [2.75, 3.05) is 42.9 Å². The third-order valence-corrected chi connectivity index (χ3v) is 11.9. The standard InChI is InChI=1S/C7H14.C7H12.C5H12OS.3C5H10O.C5H10S.C4H9N.C4H10O2S.C2H6/c2*1-4-6-7(3)5-2;1-4-7(3,6)5-2;1-4-5(2)6-3;2*1-3-5(6)4-2;1-4-5(2)6-3;1-3-5-4-2;1-3-7(5,6)4-2;1-2/h3-6H2,1-2H3;4,6H,3,5H2,1-2H3;3-5H2,1-2H3;2,4H2,1,3H3;2*3-4H2,1-2H3;2,4H2,1,3H3;3H,4H2,1-2H3;3-4H2,1-2H3;1-2H3/b;6-4-;;;;;;;;. The van der Waals surface area contributed by atoms with E-state index in [1.165, 1.54) is 28.9 Å². The number of thioether (sulfide) groups is 1. The normalized spacial score (nSPS) is 9.29. The largest absolute Gasteiger partial charge is 0.502 e. The summed E-state index contributed by atoms with van der Waals surface area (Å²) >= 11 is 1.73. The average molecular weight is 899 g/mol. The molecule has 0 saturated carbocycles. The van der Waals surface area contributed by atoms with Crippen molar-refractivity contribution in [3.8, 4) is 0 Å². The summed E-state index contributed by atoms with van der Waals surface area (Å²) in [6.07, 6.45) is 17.3. The number of aliphatic imine (C=N–C) groups is 1. The number of ketones is 2. The monoisotopic (exact) mass is 898 g/mol. The molecular weight excluding hydrogens is 795 g/mol. The number of methoxy groups -OCH3 is 1. The minimum atomic E-state index is -2.66. The fourth-order valence-corrected chi connectivity index (χ4v) is 3.37. The van der Waals surface area contributed by atoms with Gasteiger partial charge in [-0.25, -0.2) is 8.42 Å². The molecule has 0 unspecified atom stereocenters. The fourth-order valence-electron chi connectivity index (χ4n) is 2.26. The highest BCUT2D eigenvalue weighted by molar-refractivity contribution is 8.02. The summed E-state index contributed by atoms with van der Waals surface area (Å²) in [6.45, 7) is 51.0. The van der Waals surface area contributed by atoms with E-state index in [1.807, 2.05) is 101 Å². The zero-order valence-electron chi connectivity index (χ0n) is 43.0. The summed E-state index contributed by atoms with van der Waals surface area (Å²) < 4.78 is 36.3. The van der Waals surface area contributed by atoms with Gasteiger partial charge >= 0.3 is 0 Å². The Labute approximate surface area is 376 Å². The van der Waals surface area contributed by atoms with Crippen molar-refractivity contribution in [1.29, 1.82) is 0 Å². The molecule has 0 aliphatic rings. The number of hydrogen-bond donors (Lipinski definition) is 0. The van der Waals surface area contributed by atoms with E-state index in [4.69, 9.17) is 4.74 Å². The lowest BCUT2D eigenvalue weighted by molar-refractivity contribution is -0.119. The van der Waals surface area contributed by atoms with Gasteiger partial charge in [0.05, 0.1) is 12.9 Å². The molecule has 0 aromatic rings. The molecule has 0 saturated heterocycles. The second kappa shape index (κ2) is 70.4. The maximum Gasteiger partial charge on any atom is 0.149 e. The number of carbonyl (C=O) groups is 2. The highest BCUT2D eigenvalue weighted by Crippen LogP contribution is 2.10. The predicted molar refractivity (Wildman–Crippen MR) is 282 cm³/mol. The molecule has 0 aliphatic carbocycles. The second-order valence-electron chi connectivity index (χ2n) is 11.7. The lowest BCUT2D eigenvalue weighted by Gasteiger charge is -1.96. The molecule has 7 nitrogen and oxygen atoms in total. The van der Waals surface area contributed by atoms with Gasteiger partial charge in [-0.1, -0.05) is 160 Å². The fraction of sp³-hybridized carbons (Fsp3) is 0.714. The summed E-state index contributed by atoms with van der Waals surface area (Å²) in [6, 6.07) is 0. The first kappa shape index (κ1) is 80.8. The van der Waals surface area contributed by atoms with Gasteiger partial charge in [-0.15, -0.1) is 11.8 Å². The zero-order chi connectivity index (χ0) is 49.3. The average Bonchev–Trinajstić information content (AvgIpc) is 3.27. The van der Waals surface area contributed by atoms with Gasteiger partial charge in [-0.2, -0.15) is 0 Å². The summed E-state index contributed by atoms with van der Waals surface area (Å²) in [5, 5.41) is 0. The van der Waals surface area contributed by atoms with Crippen LogP contribution in [0.15, 0.2) is 65.3 Å². The quantitative estimate of drug-likeness (QED) is 0.0443. The second-order valence-corrected chi connectivity index (χ2v) is 18.4. The van der Waals surface area contributed by atoms with Gasteiger partial charge in [0.2, 0.25) is 0 Å². The van der Waals surface area contributed by atoms with Gasteiger partial charge in [0, 0.05) is 61.7 Å². The maximum atomic E-state index is 10.8. The molecule has 0 fully saturated rings. The van der Waals surface area contributed by atoms with Gasteiger partial charge in [-0.3, -0.25) is 18.8 Å². The van der Waals surface area contributed by atoms with Crippen LogP contribution in [-0.2, 0) is 33.7 Å². The van der Waals surface area contributed by atoms with Crippen LogP contribution in [0.2, 0.25) is 0 Å². The summed E-state index contributed by atoms with van der Waals surface area (Å²) in [5.41, 5.74) is 2.57. The topological polar surface area (TPSA) is 107 Å². The van der Waals surface area contributed by atoms with Crippen LogP contribution in [0.3, 0.4) is 0 Å². The van der Waals surface area contributed by atoms with E-state index in [-0.39, 0.29) is 11.5 Å². The molecular formula is C49H103NO6S3. The molecule has 0 rings (SSSR count). The number of sulfone groups is 1. The van der Waals surface area contributed by atoms with Gasteiger partial charge < -0.3 is 4.74 Å². The van der Waals surface area contributed by atoms with Crippen molar-refractivity contribution in [2.45, 2.75) is 189 Å². The van der Waals surface area contributed by atoms with E-state index < -0.39 is 19.4 Å².